The zero-order chi connectivity index (χ0) is 20.1. The largest absolute Gasteiger partial charge is 0.487 e. The monoisotopic (exact) mass is 384 g/mol. The summed E-state index contributed by atoms with van der Waals surface area (Å²) in [4.78, 5) is 11.3. The van der Waals surface area contributed by atoms with Gasteiger partial charge in [0, 0.05) is 17.4 Å². The van der Waals surface area contributed by atoms with E-state index < -0.39 is 11.6 Å². The minimum atomic E-state index is -0.973. The zero-order valence-electron chi connectivity index (χ0n) is 16.3. The van der Waals surface area contributed by atoms with Crippen LogP contribution < -0.4 is 4.74 Å². The highest BCUT2D eigenvalue weighted by atomic mass is 19.1. The van der Waals surface area contributed by atoms with Crippen LogP contribution in [-0.2, 0) is 4.74 Å². The molecular weight excluding hydrogens is 359 g/mol. The molecule has 1 fully saturated rings. The first kappa shape index (κ1) is 18.9. The molecule has 2 heterocycles. The summed E-state index contributed by atoms with van der Waals surface area (Å²) in [5.74, 6) is -0.362. The third-order valence-electron chi connectivity index (χ3n) is 6.18. The summed E-state index contributed by atoms with van der Waals surface area (Å²) in [6.45, 7) is 6.15. The van der Waals surface area contributed by atoms with E-state index in [-0.39, 0.29) is 35.4 Å². The van der Waals surface area contributed by atoms with Gasteiger partial charge in [-0.1, -0.05) is 25.1 Å². The number of hydrogen-bond donors (Lipinski definition) is 1. The van der Waals surface area contributed by atoms with Crippen molar-refractivity contribution < 1.29 is 23.8 Å². The number of halogens is 1. The highest BCUT2D eigenvalue weighted by Crippen LogP contribution is 2.54. The molecule has 2 aromatic carbocycles. The quantitative estimate of drug-likeness (QED) is 0.777. The molecule has 4 rings (SSSR count). The molecule has 0 radical (unpaired) electrons. The van der Waals surface area contributed by atoms with Crippen molar-refractivity contribution >= 4 is 5.97 Å². The van der Waals surface area contributed by atoms with Gasteiger partial charge >= 0.3 is 5.97 Å². The van der Waals surface area contributed by atoms with Gasteiger partial charge in [-0.2, -0.15) is 0 Å². The summed E-state index contributed by atoms with van der Waals surface area (Å²) in [5, 5.41) is 9.30. The Kier molecular flexibility index (Phi) is 4.66. The standard InChI is InChI=1S/C23H25FO4/c1-4-19-17(13-5-8-15(24)9-6-13)12-18-21(27-19)16-10-7-14(22(25)26)11-20(16)28-23(18,2)3/h5-11,17-19,21H,4,12H2,1-3H3,(H,25,26)/t17-,18+,19+,21-/m1/s1. The predicted molar refractivity (Wildman–Crippen MR) is 103 cm³/mol. The topological polar surface area (TPSA) is 55.8 Å². The van der Waals surface area contributed by atoms with E-state index in [1.807, 2.05) is 32.0 Å². The molecular formula is C23H25FO4. The lowest BCUT2D eigenvalue weighted by atomic mass is 9.70. The van der Waals surface area contributed by atoms with Crippen LogP contribution in [-0.4, -0.2) is 22.8 Å². The van der Waals surface area contributed by atoms with Crippen molar-refractivity contribution in [1.82, 2.24) is 0 Å². The van der Waals surface area contributed by atoms with E-state index in [0.717, 1.165) is 24.0 Å². The Morgan fingerprint density at radius 1 is 1.21 bits per heavy atom. The Bertz CT molecular complexity index is 890. The number of carbonyl (C=O) groups is 1. The normalized spacial score (nSPS) is 28.0. The van der Waals surface area contributed by atoms with Crippen LogP contribution >= 0.6 is 0 Å². The lowest BCUT2D eigenvalue weighted by Gasteiger charge is -2.51. The Morgan fingerprint density at radius 3 is 2.57 bits per heavy atom. The van der Waals surface area contributed by atoms with E-state index in [0.29, 0.717) is 5.75 Å². The van der Waals surface area contributed by atoms with Crippen molar-refractivity contribution in [2.75, 3.05) is 0 Å². The molecule has 2 aliphatic rings. The molecule has 4 atom stereocenters. The van der Waals surface area contributed by atoms with Gasteiger partial charge in [0.2, 0.25) is 0 Å². The number of ether oxygens (including phenoxy) is 2. The highest BCUT2D eigenvalue weighted by molar-refractivity contribution is 5.88. The number of rotatable bonds is 3. The zero-order valence-corrected chi connectivity index (χ0v) is 16.3. The highest BCUT2D eigenvalue weighted by Gasteiger charge is 2.50. The van der Waals surface area contributed by atoms with Crippen molar-refractivity contribution in [1.29, 1.82) is 0 Å². The van der Waals surface area contributed by atoms with Crippen molar-refractivity contribution in [3.63, 3.8) is 0 Å². The first-order chi connectivity index (χ1) is 13.3. The Morgan fingerprint density at radius 2 is 1.93 bits per heavy atom. The van der Waals surface area contributed by atoms with Gasteiger partial charge < -0.3 is 14.6 Å². The molecule has 0 saturated carbocycles. The fraction of sp³-hybridized carbons (Fsp3) is 0.435. The maximum atomic E-state index is 13.4. The second-order valence-electron chi connectivity index (χ2n) is 8.27. The SMILES string of the molecule is CC[C@@H]1O[C@@H]2c3ccc(C(=O)O)cc3OC(C)(C)[C@H]2C[C@@H]1c1ccc(F)cc1. The van der Waals surface area contributed by atoms with Gasteiger partial charge in [-0.15, -0.1) is 0 Å². The summed E-state index contributed by atoms with van der Waals surface area (Å²) in [6, 6.07) is 11.7. The van der Waals surface area contributed by atoms with Crippen LogP contribution in [0, 0.1) is 11.7 Å². The van der Waals surface area contributed by atoms with Crippen LogP contribution in [0.2, 0.25) is 0 Å². The Balaban J connectivity index is 1.72. The molecule has 1 N–H and O–H groups in total. The molecule has 0 aliphatic carbocycles. The molecule has 2 aromatic rings. The van der Waals surface area contributed by atoms with Crippen molar-refractivity contribution in [2.45, 2.75) is 57.3 Å². The van der Waals surface area contributed by atoms with Gasteiger partial charge in [-0.25, -0.2) is 9.18 Å². The number of aromatic carboxylic acids is 1. The van der Waals surface area contributed by atoms with Crippen LogP contribution in [0.25, 0.3) is 0 Å². The van der Waals surface area contributed by atoms with Gasteiger partial charge in [0.05, 0.1) is 17.8 Å². The summed E-state index contributed by atoms with van der Waals surface area (Å²) in [7, 11) is 0. The van der Waals surface area contributed by atoms with Gasteiger partial charge in [0.1, 0.15) is 17.2 Å². The average molecular weight is 384 g/mol. The van der Waals surface area contributed by atoms with E-state index in [2.05, 4.69) is 6.92 Å². The van der Waals surface area contributed by atoms with Crippen LogP contribution in [0.15, 0.2) is 42.5 Å². The summed E-state index contributed by atoms with van der Waals surface area (Å²) in [6.07, 6.45) is 1.56. The number of benzene rings is 2. The van der Waals surface area contributed by atoms with Crippen LogP contribution in [0.1, 0.15) is 67.1 Å². The minimum absolute atomic E-state index is 0.00705. The maximum absolute atomic E-state index is 13.4. The van der Waals surface area contributed by atoms with Crippen LogP contribution in [0.5, 0.6) is 5.75 Å². The van der Waals surface area contributed by atoms with Crippen molar-refractivity contribution in [3.8, 4) is 5.75 Å². The van der Waals surface area contributed by atoms with E-state index in [4.69, 9.17) is 9.47 Å². The fourth-order valence-corrected chi connectivity index (χ4v) is 4.66. The van der Waals surface area contributed by atoms with E-state index >= 15 is 0 Å². The lowest BCUT2D eigenvalue weighted by molar-refractivity contribution is -0.159. The molecule has 0 amide bonds. The number of carboxylic acids is 1. The number of carboxylic acid groups (broad SMARTS) is 1. The lowest BCUT2D eigenvalue weighted by Crippen LogP contribution is -2.50. The molecule has 1 saturated heterocycles. The van der Waals surface area contributed by atoms with Crippen LogP contribution in [0.3, 0.4) is 0 Å². The Hall–Kier alpha value is -2.40. The molecule has 5 heteroatoms. The summed E-state index contributed by atoms with van der Waals surface area (Å²) in [5.41, 5.74) is 1.69. The molecule has 28 heavy (non-hydrogen) atoms. The average Bonchev–Trinajstić information content (AvgIpc) is 2.67. The molecule has 4 nitrogen and oxygen atoms in total. The van der Waals surface area contributed by atoms with Crippen LogP contribution in [0.4, 0.5) is 4.39 Å². The Labute approximate surface area is 164 Å². The molecule has 0 bridgehead atoms. The fourth-order valence-electron chi connectivity index (χ4n) is 4.66. The number of hydrogen-bond acceptors (Lipinski definition) is 3. The predicted octanol–water partition coefficient (Wildman–Crippen LogP) is 5.33. The molecule has 0 aromatic heterocycles. The van der Waals surface area contributed by atoms with E-state index in [1.165, 1.54) is 12.1 Å². The third-order valence-corrected chi connectivity index (χ3v) is 6.18. The second kappa shape index (κ2) is 6.89. The first-order valence-electron chi connectivity index (χ1n) is 9.77. The first-order valence-corrected chi connectivity index (χ1v) is 9.77. The molecule has 0 unspecified atom stereocenters. The molecule has 148 valence electrons. The molecule has 0 spiro atoms. The van der Waals surface area contributed by atoms with Crippen molar-refractivity contribution in [3.05, 3.63) is 65.0 Å². The molecule has 2 aliphatic heterocycles. The van der Waals surface area contributed by atoms with E-state index in [9.17, 15) is 14.3 Å². The summed E-state index contributed by atoms with van der Waals surface area (Å²) < 4.78 is 26.2. The van der Waals surface area contributed by atoms with Gasteiger partial charge in [-0.05, 0) is 56.5 Å². The van der Waals surface area contributed by atoms with Gasteiger partial charge in [0.25, 0.3) is 0 Å². The minimum Gasteiger partial charge on any atom is -0.487 e. The number of fused-ring (bicyclic) bond motifs is 3. The van der Waals surface area contributed by atoms with Gasteiger partial charge in [0.15, 0.2) is 0 Å². The maximum Gasteiger partial charge on any atom is 0.335 e. The summed E-state index contributed by atoms with van der Waals surface area (Å²) >= 11 is 0. The smallest absolute Gasteiger partial charge is 0.335 e. The second-order valence-corrected chi connectivity index (χ2v) is 8.27. The van der Waals surface area contributed by atoms with Gasteiger partial charge in [-0.3, -0.25) is 0 Å². The van der Waals surface area contributed by atoms with Crippen molar-refractivity contribution in [2.24, 2.45) is 5.92 Å². The van der Waals surface area contributed by atoms with E-state index in [1.54, 1.807) is 12.1 Å². The third kappa shape index (κ3) is 3.18.